The minimum atomic E-state index is -0.782. The summed E-state index contributed by atoms with van der Waals surface area (Å²) >= 11 is 0. The normalized spacial score (nSPS) is 23.0. The molecule has 2 saturated heterocycles. The molecule has 2 rings (SSSR count). The van der Waals surface area contributed by atoms with Crippen molar-refractivity contribution < 1.29 is 24.0 Å². The summed E-state index contributed by atoms with van der Waals surface area (Å²) in [6.45, 7) is 2.82. The van der Waals surface area contributed by atoms with Crippen LogP contribution in [0.3, 0.4) is 0 Å². The van der Waals surface area contributed by atoms with Crippen LogP contribution in [0.2, 0.25) is 0 Å². The van der Waals surface area contributed by atoms with Gasteiger partial charge < -0.3 is 15.0 Å². The molecule has 2 aliphatic rings. The zero-order valence-corrected chi connectivity index (χ0v) is 12.9. The van der Waals surface area contributed by atoms with Crippen molar-refractivity contribution in [3.8, 4) is 0 Å². The van der Waals surface area contributed by atoms with Crippen LogP contribution in [0.1, 0.15) is 25.7 Å². The van der Waals surface area contributed by atoms with Gasteiger partial charge in [0.25, 0.3) is 0 Å². The number of rotatable bonds is 5. The molecule has 1 N–H and O–H groups in total. The summed E-state index contributed by atoms with van der Waals surface area (Å²) in [7, 11) is 1.27. The van der Waals surface area contributed by atoms with Crippen molar-refractivity contribution in [2.75, 3.05) is 39.9 Å². The summed E-state index contributed by atoms with van der Waals surface area (Å²) < 4.78 is 4.60. The maximum atomic E-state index is 12.4. The fourth-order valence-corrected chi connectivity index (χ4v) is 2.65. The molecule has 0 radical (unpaired) electrons. The van der Waals surface area contributed by atoms with Crippen LogP contribution >= 0.6 is 0 Å². The number of esters is 1. The van der Waals surface area contributed by atoms with Gasteiger partial charge in [0, 0.05) is 32.6 Å². The fourth-order valence-electron chi connectivity index (χ4n) is 2.65. The van der Waals surface area contributed by atoms with E-state index in [1.165, 1.54) is 12.0 Å². The first-order chi connectivity index (χ1) is 10.6. The summed E-state index contributed by atoms with van der Waals surface area (Å²) in [5.74, 6) is -0.948. The zero-order chi connectivity index (χ0) is 15.9. The van der Waals surface area contributed by atoms with Crippen molar-refractivity contribution in [1.82, 2.24) is 15.3 Å². The highest BCUT2D eigenvalue weighted by Crippen LogP contribution is 2.13. The van der Waals surface area contributed by atoms with Gasteiger partial charge in [-0.25, -0.2) is 0 Å². The first-order valence-corrected chi connectivity index (χ1v) is 7.63. The SMILES string of the molecule is COC(=O)CC1C(=O)NCCN1C(=O)CCN1CCCCO1. The standard InChI is InChI=1S/C14H23N3O5/c1-21-13(19)10-11-14(20)15-5-8-17(11)12(18)4-7-16-6-2-3-9-22-16/h11H,2-10H2,1H3,(H,15,20). The Hall–Kier alpha value is -1.67. The first-order valence-electron chi connectivity index (χ1n) is 7.63. The predicted octanol–water partition coefficient (Wildman–Crippen LogP) is -0.706. The van der Waals surface area contributed by atoms with Crippen LogP contribution in [-0.4, -0.2) is 73.7 Å². The summed E-state index contributed by atoms with van der Waals surface area (Å²) in [5.41, 5.74) is 0. The minimum absolute atomic E-state index is 0.117. The van der Waals surface area contributed by atoms with Crippen molar-refractivity contribution in [3.05, 3.63) is 0 Å². The van der Waals surface area contributed by atoms with Gasteiger partial charge in [-0.3, -0.25) is 19.2 Å². The summed E-state index contributed by atoms with van der Waals surface area (Å²) in [6, 6.07) is -0.782. The number of hydrogen-bond acceptors (Lipinski definition) is 6. The number of ether oxygens (including phenoxy) is 1. The fraction of sp³-hybridized carbons (Fsp3) is 0.786. The molecule has 0 aromatic carbocycles. The lowest BCUT2D eigenvalue weighted by Crippen LogP contribution is -2.58. The van der Waals surface area contributed by atoms with E-state index in [1.807, 2.05) is 0 Å². The number of nitrogens with zero attached hydrogens (tertiary/aromatic N) is 2. The average molecular weight is 313 g/mol. The third-order valence-electron chi connectivity index (χ3n) is 3.89. The Labute approximate surface area is 129 Å². The molecular formula is C14H23N3O5. The molecule has 2 aliphatic heterocycles. The Kier molecular flexibility index (Phi) is 6.14. The van der Waals surface area contributed by atoms with E-state index in [0.717, 1.165) is 19.4 Å². The Balaban J connectivity index is 1.89. The average Bonchev–Trinajstić information content (AvgIpc) is 2.55. The smallest absolute Gasteiger partial charge is 0.308 e. The lowest BCUT2D eigenvalue weighted by atomic mass is 10.1. The van der Waals surface area contributed by atoms with Gasteiger partial charge in [0.2, 0.25) is 11.8 Å². The highest BCUT2D eigenvalue weighted by Gasteiger charge is 2.34. The number of carbonyl (C=O) groups excluding carboxylic acids is 3. The predicted molar refractivity (Wildman–Crippen MR) is 76.5 cm³/mol. The third kappa shape index (κ3) is 4.41. The molecule has 0 aromatic rings. The van der Waals surface area contributed by atoms with Crippen LogP contribution in [0.15, 0.2) is 0 Å². The molecule has 8 nitrogen and oxygen atoms in total. The number of methoxy groups -OCH3 is 1. The van der Waals surface area contributed by atoms with Gasteiger partial charge in [-0.05, 0) is 12.8 Å². The van der Waals surface area contributed by atoms with Crippen LogP contribution in [-0.2, 0) is 24.0 Å². The van der Waals surface area contributed by atoms with Crippen LogP contribution in [0, 0.1) is 0 Å². The number of amides is 2. The van der Waals surface area contributed by atoms with Gasteiger partial charge in [-0.15, -0.1) is 0 Å². The van der Waals surface area contributed by atoms with E-state index >= 15 is 0 Å². The highest BCUT2D eigenvalue weighted by atomic mass is 16.7. The van der Waals surface area contributed by atoms with Gasteiger partial charge in [-0.2, -0.15) is 5.06 Å². The Morgan fingerprint density at radius 3 is 2.86 bits per heavy atom. The number of nitrogens with one attached hydrogen (secondary N) is 1. The van der Waals surface area contributed by atoms with E-state index < -0.39 is 12.0 Å². The largest absolute Gasteiger partial charge is 0.469 e. The molecule has 2 amide bonds. The summed E-state index contributed by atoms with van der Waals surface area (Å²) in [6.07, 6.45) is 2.25. The van der Waals surface area contributed by atoms with Crippen molar-refractivity contribution in [1.29, 1.82) is 0 Å². The van der Waals surface area contributed by atoms with E-state index in [9.17, 15) is 14.4 Å². The van der Waals surface area contributed by atoms with Gasteiger partial charge in [0.15, 0.2) is 0 Å². The molecule has 1 atom stereocenters. The van der Waals surface area contributed by atoms with Crippen molar-refractivity contribution in [2.45, 2.75) is 31.7 Å². The molecule has 0 bridgehead atoms. The van der Waals surface area contributed by atoms with Gasteiger partial charge in [0.1, 0.15) is 6.04 Å². The molecule has 2 heterocycles. The molecule has 1 unspecified atom stereocenters. The van der Waals surface area contributed by atoms with Crippen molar-refractivity contribution >= 4 is 17.8 Å². The van der Waals surface area contributed by atoms with Crippen molar-refractivity contribution in [3.63, 3.8) is 0 Å². The Morgan fingerprint density at radius 2 is 2.18 bits per heavy atom. The molecule has 22 heavy (non-hydrogen) atoms. The van der Waals surface area contributed by atoms with Crippen LogP contribution in [0.5, 0.6) is 0 Å². The Bertz CT molecular complexity index is 423. The maximum Gasteiger partial charge on any atom is 0.308 e. The Morgan fingerprint density at radius 1 is 1.36 bits per heavy atom. The van der Waals surface area contributed by atoms with Crippen LogP contribution in [0.25, 0.3) is 0 Å². The quantitative estimate of drug-likeness (QED) is 0.675. The number of piperazine rings is 1. The van der Waals surface area contributed by atoms with E-state index in [0.29, 0.717) is 26.2 Å². The lowest BCUT2D eigenvalue weighted by Gasteiger charge is -2.35. The molecule has 0 saturated carbocycles. The second-order valence-corrected chi connectivity index (χ2v) is 5.39. The second-order valence-electron chi connectivity index (χ2n) is 5.39. The number of hydrogen-bond donors (Lipinski definition) is 1. The van der Waals surface area contributed by atoms with Crippen molar-refractivity contribution in [2.24, 2.45) is 0 Å². The number of hydroxylamine groups is 2. The molecule has 0 aromatic heterocycles. The van der Waals surface area contributed by atoms with E-state index in [1.54, 1.807) is 5.06 Å². The first kappa shape index (κ1) is 16.7. The molecule has 2 fully saturated rings. The third-order valence-corrected chi connectivity index (χ3v) is 3.89. The minimum Gasteiger partial charge on any atom is -0.469 e. The topological polar surface area (TPSA) is 88.2 Å². The van der Waals surface area contributed by atoms with E-state index in [4.69, 9.17) is 4.84 Å². The van der Waals surface area contributed by atoms with E-state index in [2.05, 4.69) is 10.1 Å². The van der Waals surface area contributed by atoms with Crippen LogP contribution < -0.4 is 5.32 Å². The molecule has 124 valence electrons. The zero-order valence-electron chi connectivity index (χ0n) is 12.9. The monoisotopic (exact) mass is 313 g/mol. The highest BCUT2D eigenvalue weighted by molar-refractivity contribution is 5.91. The number of carbonyl (C=O) groups is 3. The van der Waals surface area contributed by atoms with E-state index in [-0.39, 0.29) is 24.7 Å². The second kappa shape index (κ2) is 8.09. The lowest BCUT2D eigenvalue weighted by molar-refractivity contribution is -0.183. The summed E-state index contributed by atoms with van der Waals surface area (Å²) in [5, 5.41) is 4.47. The molecule has 0 aliphatic carbocycles. The van der Waals surface area contributed by atoms with Gasteiger partial charge in [-0.1, -0.05) is 0 Å². The van der Waals surface area contributed by atoms with Gasteiger partial charge in [0.05, 0.1) is 20.1 Å². The van der Waals surface area contributed by atoms with Gasteiger partial charge >= 0.3 is 5.97 Å². The van der Waals surface area contributed by atoms with Crippen LogP contribution in [0.4, 0.5) is 0 Å². The molecular weight excluding hydrogens is 290 g/mol. The molecule has 8 heteroatoms. The molecule has 0 spiro atoms. The summed E-state index contributed by atoms with van der Waals surface area (Å²) in [4.78, 5) is 42.7. The maximum absolute atomic E-state index is 12.4.